The molecule has 0 saturated carbocycles. The van der Waals surface area contributed by atoms with Crippen LogP contribution in [-0.4, -0.2) is 32.4 Å². The smallest absolute Gasteiger partial charge is 0.0912 e. The summed E-state index contributed by atoms with van der Waals surface area (Å²) < 4.78 is 10.9. The normalized spacial score (nSPS) is 34.0. The van der Waals surface area contributed by atoms with E-state index < -0.39 is 0 Å². The van der Waals surface area contributed by atoms with E-state index in [-0.39, 0.29) is 0 Å². The van der Waals surface area contributed by atoms with Crippen LogP contribution in [-0.2, 0) is 9.47 Å². The first-order valence-corrected chi connectivity index (χ1v) is 5.42. The Labute approximate surface area is 85.5 Å². The summed E-state index contributed by atoms with van der Waals surface area (Å²) in [6.07, 6.45) is 4.51. The van der Waals surface area contributed by atoms with E-state index in [4.69, 9.17) is 9.47 Å². The van der Waals surface area contributed by atoms with Crippen molar-refractivity contribution in [2.45, 2.75) is 31.9 Å². The van der Waals surface area contributed by atoms with Crippen molar-refractivity contribution in [3.8, 4) is 0 Å². The topological polar surface area (TPSA) is 30.5 Å². The van der Waals surface area contributed by atoms with Gasteiger partial charge in [-0.1, -0.05) is 0 Å². The molecule has 2 aliphatic heterocycles. The summed E-state index contributed by atoms with van der Waals surface area (Å²) >= 11 is 0. The summed E-state index contributed by atoms with van der Waals surface area (Å²) in [7, 11) is 2.02. The molecule has 0 aliphatic carbocycles. The van der Waals surface area contributed by atoms with Gasteiger partial charge in [-0.25, -0.2) is 0 Å². The first-order chi connectivity index (χ1) is 6.83. The van der Waals surface area contributed by atoms with Crippen molar-refractivity contribution < 1.29 is 9.47 Å². The van der Waals surface area contributed by atoms with Gasteiger partial charge in [0, 0.05) is 25.0 Å². The van der Waals surface area contributed by atoms with Gasteiger partial charge in [-0.05, 0) is 26.0 Å². The molecule has 1 N–H and O–H groups in total. The Morgan fingerprint density at radius 1 is 1.50 bits per heavy atom. The molecule has 3 heteroatoms. The average Bonchev–Trinajstić information content (AvgIpc) is 2.80. The van der Waals surface area contributed by atoms with Crippen LogP contribution in [0.5, 0.6) is 0 Å². The van der Waals surface area contributed by atoms with Crippen molar-refractivity contribution in [3.05, 3.63) is 11.8 Å². The largest absolute Gasteiger partial charge is 0.501 e. The monoisotopic (exact) mass is 197 g/mol. The number of likely N-dealkylation sites (N-methyl/N-ethyl adjacent to an activating group) is 1. The van der Waals surface area contributed by atoms with Gasteiger partial charge < -0.3 is 14.8 Å². The molecule has 14 heavy (non-hydrogen) atoms. The van der Waals surface area contributed by atoms with E-state index >= 15 is 0 Å². The fraction of sp³-hybridized carbons (Fsp3) is 0.818. The molecular formula is C11H19NO2. The van der Waals surface area contributed by atoms with Crippen LogP contribution < -0.4 is 5.32 Å². The molecule has 3 atom stereocenters. The predicted molar refractivity (Wildman–Crippen MR) is 55.0 cm³/mol. The van der Waals surface area contributed by atoms with Crippen LogP contribution in [0.4, 0.5) is 0 Å². The van der Waals surface area contributed by atoms with Crippen LogP contribution in [0.15, 0.2) is 11.8 Å². The highest BCUT2D eigenvalue weighted by Gasteiger charge is 2.33. The number of rotatable bonds is 3. The zero-order chi connectivity index (χ0) is 9.97. The molecule has 0 aromatic rings. The van der Waals surface area contributed by atoms with E-state index in [1.807, 2.05) is 13.3 Å². The molecule has 3 unspecified atom stereocenters. The van der Waals surface area contributed by atoms with Crippen LogP contribution >= 0.6 is 0 Å². The zero-order valence-electron chi connectivity index (χ0n) is 8.95. The molecule has 3 nitrogen and oxygen atoms in total. The molecule has 2 heterocycles. The average molecular weight is 197 g/mol. The maximum absolute atomic E-state index is 5.60. The third kappa shape index (κ3) is 1.79. The van der Waals surface area contributed by atoms with Crippen molar-refractivity contribution >= 4 is 0 Å². The van der Waals surface area contributed by atoms with E-state index in [9.17, 15) is 0 Å². The standard InChI is InChI=1S/C11H19NO2/c1-8-10(4-6-14-8)11(12-2)9-3-5-13-7-9/h7-8,10-12H,3-6H2,1-2H3. The van der Waals surface area contributed by atoms with Gasteiger partial charge in [0.15, 0.2) is 0 Å². The van der Waals surface area contributed by atoms with Gasteiger partial charge in [-0.15, -0.1) is 0 Å². The first-order valence-electron chi connectivity index (χ1n) is 5.42. The lowest BCUT2D eigenvalue weighted by Crippen LogP contribution is -2.38. The predicted octanol–water partition coefficient (Wildman–Crippen LogP) is 1.30. The maximum Gasteiger partial charge on any atom is 0.0912 e. The first kappa shape index (κ1) is 9.99. The molecule has 0 bridgehead atoms. The molecule has 0 aromatic heterocycles. The summed E-state index contributed by atoms with van der Waals surface area (Å²) in [5, 5.41) is 3.39. The number of ether oxygens (including phenoxy) is 2. The van der Waals surface area contributed by atoms with Crippen LogP contribution in [0.1, 0.15) is 19.8 Å². The highest BCUT2D eigenvalue weighted by atomic mass is 16.5. The Hall–Kier alpha value is -0.540. The Bertz CT molecular complexity index is 227. The Morgan fingerprint density at radius 2 is 2.36 bits per heavy atom. The maximum atomic E-state index is 5.60. The highest BCUT2D eigenvalue weighted by Crippen LogP contribution is 2.30. The van der Waals surface area contributed by atoms with Crippen LogP contribution in [0.3, 0.4) is 0 Å². The van der Waals surface area contributed by atoms with Gasteiger partial charge in [-0.2, -0.15) is 0 Å². The van der Waals surface area contributed by atoms with Crippen LogP contribution in [0, 0.1) is 5.92 Å². The summed E-state index contributed by atoms with van der Waals surface area (Å²) in [6.45, 7) is 3.91. The molecule has 1 fully saturated rings. The van der Waals surface area contributed by atoms with Gasteiger partial charge >= 0.3 is 0 Å². The van der Waals surface area contributed by atoms with Crippen molar-refractivity contribution in [2.75, 3.05) is 20.3 Å². The molecule has 0 radical (unpaired) electrons. The number of hydrogen-bond acceptors (Lipinski definition) is 3. The summed E-state index contributed by atoms with van der Waals surface area (Å²) in [5.41, 5.74) is 1.40. The van der Waals surface area contributed by atoms with E-state index in [1.54, 1.807) is 0 Å². The van der Waals surface area contributed by atoms with Gasteiger partial charge in [-0.3, -0.25) is 0 Å². The summed E-state index contributed by atoms with van der Waals surface area (Å²) in [5.74, 6) is 0.605. The molecule has 0 aromatic carbocycles. The highest BCUT2D eigenvalue weighted by molar-refractivity contribution is 5.14. The third-order valence-electron chi connectivity index (χ3n) is 3.32. The Kier molecular flexibility index (Phi) is 3.08. The third-order valence-corrected chi connectivity index (χ3v) is 3.32. The minimum atomic E-state index is 0.369. The van der Waals surface area contributed by atoms with E-state index in [0.717, 1.165) is 26.1 Å². The van der Waals surface area contributed by atoms with Crippen LogP contribution in [0.2, 0.25) is 0 Å². The fourth-order valence-electron chi connectivity index (χ4n) is 2.49. The fourth-order valence-corrected chi connectivity index (χ4v) is 2.49. The second-order valence-electron chi connectivity index (χ2n) is 4.11. The SMILES string of the molecule is CNC(C1=COCC1)C1CCOC1C. The van der Waals surface area contributed by atoms with E-state index in [0.29, 0.717) is 18.1 Å². The zero-order valence-corrected chi connectivity index (χ0v) is 8.95. The quantitative estimate of drug-likeness (QED) is 0.740. The lowest BCUT2D eigenvalue weighted by molar-refractivity contribution is 0.0994. The van der Waals surface area contributed by atoms with Crippen molar-refractivity contribution in [2.24, 2.45) is 5.92 Å². The summed E-state index contributed by atoms with van der Waals surface area (Å²) in [6, 6.07) is 0.440. The van der Waals surface area contributed by atoms with Gasteiger partial charge in [0.2, 0.25) is 0 Å². The molecule has 0 amide bonds. The molecular weight excluding hydrogens is 178 g/mol. The van der Waals surface area contributed by atoms with Gasteiger partial charge in [0.05, 0.1) is 19.0 Å². The second kappa shape index (κ2) is 4.32. The minimum absolute atomic E-state index is 0.369. The van der Waals surface area contributed by atoms with Gasteiger partial charge in [0.25, 0.3) is 0 Å². The molecule has 2 aliphatic rings. The number of hydrogen-bond donors (Lipinski definition) is 1. The Morgan fingerprint density at radius 3 is 2.86 bits per heavy atom. The molecule has 2 rings (SSSR count). The van der Waals surface area contributed by atoms with Gasteiger partial charge in [0.1, 0.15) is 0 Å². The van der Waals surface area contributed by atoms with E-state index in [2.05, 4.69) is 12.2 Å². The molecule has 80 valence electrons. The molecule has 0 spiro atoms. The van der Waals surface area contributed by atoms with Crippen molar-refractivity contribution in [1.82, 2.24) is 5.32 Å². The second-order valence-corrected chi connectivity index (χ2v) is 4.11. The molecule has 1 saturated heterocycles. The van der Waals surface area contributed by atoms with Crippen LogP contribution in [0.25, 0.3) is 0 Å². The lowest BCUT2D eigenvalue weighted by Gasteiger charge is -2.25. The van der Waals surface area contributed by atoms with Crippen molar-refractivity contribution in [3.63, 3.8) is 0 Å². The van der Waals surface area contributed by atoms with Crippen molar-refractivity contribution in [1.29, 1.82) is 0 Å². The Balaban J connectivity index is 2.04. The lowest BCUT2D eigenvalue weighted by atomic mass is 9.88. The minimum Gasteiger partial charge on any atom is -0.501 e. The summed E-state index contributed by atoms with van der Waals surface area (Å²) in [4.78, 5) is 0. The number of nitrogens with one attached hydrogen (secondary N) is 1. The van der Waals surface area contributed by atoms with E-state index in [1.165, 1.54) is 5.57 Å².